The maximum absolute atomic E-state index is 11.1. The van der Waals surface area contributed by atoms with Crippen molar-refractivity contribution in [1.82, 2.24) is 20.1 Å². The van der Waals surface area contributed by atoms with Gasteiger partial charge in [-0.3, -0.25) is 4.57 Å². The average Bonchev–Trinajstić information content (AvgIpc) is 2.48. The molecule has 0 amide bonds. The van der Waals surface area contributed by atoms with E-state index in [4.69, 9.17) is 0 Å². The molecule has 0 saturated heterocycles. The number of nitrogens with one attached hydrogen (secondary N) is 2. The van der Waals surface area contributed by atoms with Crippen LogP contribution in [0.2, 0.25) is 0 Å². The topological polar surface area (TPSA) is 62.7 Å². The second-order valence-corrected chi connectivity index (χ2v) is 4.62. The Morgan fingerprint density at radius 2 is 2.21 bits per heavy atom. The summed E-state index contributed by atoms with van der Waals surface area (Å²) in [6.07, 6.45) is 0. The number of thioether (sulfide) groups is 1. The molecular weight excluding hydrogens is 200 g/mol. The first-order chi connectivity index (χ1) is 6.56. The zero-order chi connectivity index (χ0) is 10.7. The molecule has 5 nitrogen and oxygen atoms in total. The van der Waals surface area contributed by atoms with Gasteiger partial charge in [-0.15, -0.1) is 5.10 Å². The number of nitrogens with zero attached hydrogens (tertiary/aromatic N) is 2. The summed E-state index contributed by atoms with van der Waals surface area (Å²) in [5.41, 5.74) is -0.170. The standard InChI is InChI=1S/C8H16N4OS/c1-5(9-3)6(2)14-8-11-10-7(13)12(8)4/h5-6,9H,1-4H3,(H,10,13). The van der Waals surface area contributed by atoms with Crippen LogP contribution in [0.25, 0.3) is 0 Å². The molecule has 6 heteroatoms. The van der Waals surface area contributed by atoms with Gasteiger partial charge in [0.05, 0.1) is 0 Å². The lowest BCUT2D eigenvalue weighted by molar-refractivity contribution is 0.602. The minimum atomic E-state index is -0.170. The molecule has 2 N–H and O–H groups in total. The van der Waals surface area contributed by atoms with Crippen LogP contribution in [0.4, 0.5) is 0 Å². The molecule has 0 aliphatic carbocycles. The van der Waals surface area contributed by atoms with Gasteiger partial charge in [0.2, 0.25) is 0 Å². The summed E-state index contributed by atoms with van der Waals surface area (Å²) in [7, 11) is 3.64. The van der Waals surface area contributed by atoms with Crippen molar-refractivity contribution in [2.75, 3.05) is 7.05 Å². The summed E-state index contributed by atoms with van der Waals surface area (Å²) in [6, 6.07) is 0.381. The van der Waals surface area contributed by atoms with Gasteiger partial charge in [0.15, 0.2) is 5.16 Å². The van der Waals surface area contributed by atoms with Gasteiger partial charge in [0.25, 0.3) is 0 Å². The van der Waals surface area contributed by atoms with Crippen LogP contribution in [0, 0.1) is 0 Å². The fourth-order valence-corrected chi connectivity index (χ4v) is 1.95. The molecule has 0 spiro atoms. The molecule has 0 radical (unpaired) electrons. The highest BCUT2D eigenvalue weighted by Gasteiger charge is 2.15. The molecule has 2 atom stereocenters. The second kappa shape index (κ2) is 4.65. The number of hydrogen-bond donors (Lipinski definition) is 2. The maximum atomic E-state index is 11.1. The third kappa shape index (κ3) is 2.39. The largest absolute Gasteiger partial charge is 0.343 e. The SMILES string of the molecule is CNC(C)C(C)Sc1n[nH]c(=O)n1C. The number of H-pyrrole nitrogens is 1. The van der Waals surface area contributed by atoms with E-state index in [2.05, 4.69) is 29.4 Å². The monoisotopic (exact) mass is 216 g/mol. The Kier molecular flexibility index (Phi) is 3.77. The van der Waals surface area contributed by atoms with Gasteiger partial charge in [-0.1, -0.05) is 18.7 Å². The van der Waals surface area contributed by atoms with Gasteiger partial charge in [-0.25, -0.2) is 9.89 Å². The Balaban J connectivity index is 2.69. The van der Waals surface area contributed by atoms with Crippen molar-refractivity contribution in [3.63, 3.8) is 0 Å². The Morgan fingerprint density at radius 1 is 1.57 bits per heavy atom. The summed E-state index contributed by atoms with van der Waals surface area (Å²) in [5, 5.41) is 10.6. The molecule has 0 saturated carbocycles. The zero-order valence-electron chi connectivity index (χ0n) is 8.87. The Labute approximate surface area is 87.3 Å². The van der Waals surface area contributed by atoms with Crippen LogP contribution in [-0.4, -0.2) is 33.1 Å². The van der Waals surface area contributed by atoms with Crippen molar-refractivity contribution in [3.05, 3.63) is 10.5 Å². The highest BCUT2D eigenvalue weighted by Crippen LogP contribution is 2.21. The first-order valence-corrected chi connectivity index (χ1v) is 5.39. The Morgan fingerprint density at radius 3 is 2.64 bits per heavy atom. The van der Waals surface area contributed by atoms with Crippen LogP contribution in [0.1, 0.15) is 13.8 Å². The highest BCUT2D eigenvalue weighted by molar-refractivity contribution is 7.99. The van der Waals surface area contributed by atoms with E-state index in [1.165, 1.54) is 4.57 Å². The lowest BCUT2D eigenvalue weighted by atomic mass is 10.3. The lowest BCUT2D eigenvalue weighted by Gasteiger charge is -2.17. The van der Waals surface area contributed by atoms with Gasteiger partial charge < -0.3 is 5.32 Å². The molecule has 0 bridgehead atoms. The summed E-state index contributed by atoms with van der Waals surface area (Å²) in [6.45, 7) is 4.20. The summed E-state index contributed by atoms with van der Waals surface area (Å²) in [5.74, 6) is 0. The third-order valence-electron chi connectivity index (χ3n) is 2.29. The first-order valence-electron chi connectivity index (χ1n) is 4.51. The van der Waals surface area contributed by atoms with Crippen molar-refractivity contribution in [3.8, 4) is 0 Å². The van der Waals surface area contributed by atoms with Crippen LogP contribution < -0.4 is 11.0 Å². The molecular formula is C8H16N4OS. The molecule has 0 aliphatic rings. The van der Waals surface area contributed by atoms with E-state index in [1.807, 2.05) is 7.05 Å². The van der Waals surface area contributed by atoms with Gasteiger partial charge in [0, 0.05) is 18.3 Å². The second-order valence-electron chi connectivity index (χ2n) is 3.27. The van der Waals surface area contributed by atoms with Crippen molar-refractivity contribution < 1.29 is 0 Å². The number of hydrogen-bond acceptors (Lipinski definition) is 4. The summed E-state index contributed by atoms with van der Waals surface area (Å²) >= 11 is 1.58. The lowest BCUT2D eigenvalue weighted by Crippen LogP contribution is -2.30. The molecule has 1 heterocycles. The van der Waals surface area contributed by atoms with E-state index in [0.29, 0.717) is 11.3 Å². The molecule has 2 unspecified atom stereocenters. The molecule has 0 aliphatic heterocycles. The van der Waals surface area contributed by atoms with Gasteiger partial charge in [-0.05, 0) is 14.0 Å². The number of aromatic nitrogens is 3. The van der Waals surface area contributed by atoms with Crippen LogP contribution in [0.15, 0.2) is 9.95 Å². The first kappa shape index (κ1) is 11.3. The Hall–Kier alpha value is -0.750. The quantitative estimate of drug-likeness (QED) is 0.706. The number of aromatic amines is 1. The van der Waals surface area contributed by atoms with Crippen molar-refractivity contribution >= 4 is 11.8 Å². The fourth-order valence-electron chi connectivity index (χ4n) is 0.941. The molecule has 0 fully saturated rings. The minimum Gasteiger partial charge on any atom is -0.316 e. The summed E-state index contributed by atoms with van der Waals surface area (Å²) in [4.78, 5) is 11.1. The van der Waals surface area contributed by atoms with E-state index in [0.717, 1.165) is 5.16 Å². The minimum absolute atomic E-state index is 0.170. The normalized spacial score (nSPS) is 15.4. The predicted molar refractivity (Wildman–Crippen MR) is 57.7 cm³/mol. The van der Waals surface area contributed by atoms with E-state index in [1.54, 1.807) is 18.8 Å². The van der Waals surface area contributed by atoms with Crippen LogP contribution in [0.5, 0.6) is 0 Å². The van der Waals surface area contributed by atoms with Crippen molar-refractivity contribution in [1.29, 1.82) is 0 Å². The fraction of sp³-hybridized carbons (Fsp3) is 0.750. The molecule has 0 aromatic carbocycles. The molecule has 14 heavy (non-hydrogen) atoms. The predicted octanol–water partition coefficient (Wildman–Crippen LogP) is 0.197. The van der Waals surface area contributed by atoms with E-state index in [9.17, 15) is 4.79 Å². The van der Waals surface area contributed by atoms with Gasteiger partial charge >= 0.3 is 5.69 Å². The van der Waals surface area contributed by atoms with Crippen LogP contribution >= 0.6 is 11.8 Å². The summed E-state index contributed by atoms with van der Waals surface area (Å²) < 4.78 is 1.52. The van der Waals surface area contributed by atoms with E-state index < -0.39 is 0 Å². The maximum Gasteiger partial charge on any atom is 0.343 e. The van der Waals surface area contributed by atoms with Crippen LogP contribution in [-0.2, 0) is 7.05 Å². The van der Waals surface area contributed by atoms with E-state index >= 15 is 0 Å². The molecule has 1 aromatic rings. The third-order valence-corrected chi connectivity index (χ3v) is 3.65. The average molecular weight is 216 g/mol. The van der Waals surface area contributed by atoms with E-state index in [-0.39, 0.29) is 5.69 Å². The molecule has 1 rings (SSSR count). The molecule has 80 valence electrons. The Bertz CT molecular complexity index is 345. The van der Waals surface area contributed by atoms with Gasteiger partial charge in [-0.2, -0.15) is 0 Å². The number of rotatable bonds is 4. The highest BCUT2D eigenvalue weighted by atomic mass is 32.2. The molecule has 1 aromatic heterocycles. The van der Waals surface area contributed by atoms with Gasteiger partial charge in [0.1, 0.15) is 0 Å². The van der Waals surface area contributed by atoms with Crippen LogP contribution in [0.3, 0.4) is 0 Å². The van der Waals surface area contributed by atoms with Crippen molar-refractivity contribution in [2.24, 2.45) is 7.05 Å². The smallest absolute Gasteiger partial charge is 0.316 e. The zero-order valence-corrected chi connectivity index (χ0v) is 9.68. The van der Waals surface area contributed by atoms with Crippen molar-refractivity contribution in [2.45, 2.75) is 30.3 Å².